The number of aryl methyl sites for hydroxylation is 1. The molecule has 1 amide bonds. The van der Waals surface area contributed by atoms with Gasteiger partial charge >= 0.3 is 0 Å². The molecule has 0 unspecified atom stereocenters. The van der Waals surface area contributed by atoms with Crippen LogP contribution in [0.2, 0.25) is 5.02 Å². The van der Waals surface area contributed by atoms with E-state index in [-0.39, 0.29) is 21.4 Å². The van der Waals surface area contributed by atoms with Crippen LogP contribution < -0.4 is 9.44 Å². The monoisotopic (exact) mass is 579 g/mol. The smallest absolute Gasteiger partial charge is 0.261 e. The van der Waals surface area contributed by atoms with E-state index in [2.05, 4.69) is 9.44 Å². The maximum Gasteiger partial charge on any atom is 0.261 e. The van der Waals surface area contributed by atoms with Crippen molar-refractivity contribution in [2.75, 3.05) is 28.8 Å². The molecule has 0 aromatic heterocycles. The number of hydrogen-bond acceptors (Lipinski definition) is 6. The van der Waals surface area contributed by atoms with Crippen molar-refractivity contribution in [3.8, 4) is 0 Å². The van der Waals surface area contributed by atoms with Gasteiger partial charge in [0.2, 0.25) is 0 Å². The fourth-order valence-electron chi connectivity index (χ4n) is 3.94. The topological polar surface area (TPSA) is 113 Å². The van der Waals surface area contributed by atoms with Crippen LogP contribution in [0.3, 0.4) is 0 Å². The molecule has 4 rings (SSSR count). The van der Waals surface area contributed by atoms with Gasteiger partial charge in [-0.25, -0.2) is 16.8 Å². The molecular formula is C25H26ClN3O5S3. The van der Waals surface area contributed by atoms with E-state index in [0.717, 1.165) is 12.8 Å². The molecule has 12 heteroatoms. The van der Waals surface area contributed by atoms with Gasteiger partial charge in [-0.2, -0.15) is 0 Å². The Balaban J connectivity index is 1.54. The molecule has 1 saturated heterocycles. The third kappa shape index (κ3) is 6.23. The molecule has 3 aromatic rings. The zero-order valence-corrected chi connectivity index (χ0v) is 23.4. The maximum absolute atomic E-state index is 13.1. The molecule has 0 aliphatic carbocycles. The number of anilines is 2. The third-order valence-electron chi connectivity index (χ3n) is 5.97. The Bertz CT molecular complexity index is 1540. The minimum absolute atomic E-state index is 0.0438. The highest BCUT2D eigenvalue weighted by Crippen LogP contribution is 2.28. The number of carbonyl (C=O) groups is 1. The van der Waals surface area contributed by atoms with Crippen LogP contribution in [0.1, 0.15) is 28.8 Å². The molecule has 1 aliphatic rings. The number of rotatable bonds is 8. The van der Waals surface area contributed by atoms with Crippen molar-refractivity contribution in [2.45, 2.75) is 34.5 Å². The number of likely N-dealkylation sites (tertiary alicyclic amines) is 1. The number of carbonyl (C=O) groups excluding carboxylic acids is 1. The van der Waals surface area contributed by atoms with Crippen LogP contribution in [0.25, 0.3) is 0 Å². The van der Waals surface area contributed by atoms with E-state index in [1.54, 1.807) is 30.0 Å². The van der Waals surface area contributed by atoms with Crippen molar-refractivity contribution in [3.63, 3.8) is 0 Å². The van der Waals surface area contributed by atoms with Crippen LogP contribution in [0.5, 0.6) is 0 Å². The molecular weight excluding hydrogens is 554 g/mol. The lowest BCUT2D eigenvalue weighted by molar-refractivity contribution is 0.0789. The second-order valence-electron chi connectivity index (χ2n) is 8.56. The van der Waals surface area contributed by atoms with Gasteiger partial charge in [0.15, 0.2) is 0 Å². The summed E-state index contributed by atoms with van der Waals surface area (Å²) in [5.74, 6) is -0.184. The molecule has 1 heterocycles. The lowest BCUT2D eigenvalue weighted by atomic mass is 10.2. The molecule has 37 heavy (non-hydrogen) atoms. The summed E-state index contributed by atoms with van der Waals surface area (Å²) in [5, 5.41) is 0.393. The fraction of sp³-hybridized carbons (Fsp3) is 0.240. The number of amides is 1. The highest BCUT2D eigenvalue weighted by atomic mass is 35.5. The van der Waals surface area contributed by atoms with Crippen LogP contribution in [0.15, 0.2) is 75.4 Å². The predicted molar refractivity (Wildman–Crippen MR) is 148 cm³/mol. The van der Waals surface area contributed by atoms with Gasteiger partial charge in [-0.15, -0.1) is 11.8 Å². The van der Waals surface area contributed by atoms with E-state index in [0.29, 0.717) is 39.8 Å². The van der Waals surface area contributed by atoms with Gasteiger partial charge in [-0.3, -0.25) is 14.2 Å². The number of benzene rings is 3. The highest BCUT2D eigenvalue weighted by molar-refractivity contribution is 7.98. The van der Waals surface area contributed by atoms with Crippen molar-refractivity contribution in [1.82, 2.24) is 4.90 Å². The molecule has 1 fully saturated rings. The van der Waals surface area contributed by atoms with E-state index >= 15 is 0 Å². The number of hydrogen-bond donors (Lipinski definition) is 2. The Labute approximate surface area is 226 Å². The molecule has 196 valence electrons. The summed E-state index contributed by atoms with van der Waals surface area (Å²) in [4.78, 5) is 15.3. The zero-order chi connectivity index (χ0) is 26.8. The quantitative estimate of drug-likeness (QED) is 0.354. The molecule has 8 nitrogen and oxygen atoms in total. The Morgan fingerprint density at radius 1 is 0.865 bits per heavy atom. The summed E-state index contributed by atoms with van der Waals surface area (Å²) < 4.78 is 56.8. The van der Waals surface area contributed by atoms with Crippen molar-refractivity contribution in [2.24, 2.45) is 0 Å². The van der Waals surface area contributed by atoms with Crippen molar-refractivity contribution >= 4 is 60.7 Å². The number of thioether (sulfide) groups is 1. The number of halogens is 1. The second-order valence-corrected chi connectivity index (χ2v) is 13.2. The van der Waals surface area contributed by atoms with E-state index in [1.807, 2.05) is 6.26 Å². The molecule has 2 N–H and O–H groups in total. The lowest BCUT2D eigenvalue weighted by Gasteiger charge is -2.18. The minimum Gasteiger partial charge on any atom is -0.339 e. The Morgan fingerprint density at radius 3 is 2.14 bits per heavy atom. The first-order valence-electron chi connectivity index (χ1n) is 11.4. The van der Waals surface area contributed by atoms with Gasteiger partial charge < -0.3 is 4.90 Å². The van der Waals surface area contributed by atoms with Gasteiger partial charge in [-0.1, -0.05) is 17.7 Å². The SMILES string of the molecule is CSc1ccc(S(=O)(=O)Nc2ccc(S(=O)(=O)Nc3cc(Cl)ccc3C)cc2)cc1C(=O)N1CCCC1. The van der Waals surface area contributed by atoms with Gasteiger partial charge in [0.25, 0.3) is 26.0 Å². The third-order valence-corrected chi connectivity index (χ3v) is 9.76. The Morgan fingerprint density at radius 2 is 1.49 bits per heavy atom. The first-order valence-corrected chi connectivity index (χ1v) is 16.0. The molecule has 1 aliphatic heterocycles. The number of nitrogens with one attached hydrogen (secondary N) is 2. The van der Waals surface area contributed by atoms with E-state index in [9.17, 15) is 21.6 Å². The van der Waals surface area contributed by atoms with Gasteiger partial charge in [0, 0.05) is 28.7 Å². The van der Waals surface area contributed by atoms with Crippen LogP contribution in [0.4, 0.5) is 11.4 Å². The number of sulfonamides is 2. The van der Waals surface area contributed by atoms with Gasteiger partial charge in [0.1, 0.15) is 0 Å². The number of nitrogens with zero attached hydrogens (tertiary/aromatic N) is 1. The molecule has 3 aromatic carbocycles. The molecule has 0 radical (unpaired) electrons. The van der Waals surface area contributed by atoms with E-state index in [1.165, 1.54) is 54.2 Å². The second kappa shape index (κ2) is 10.9. The van der Waals surface area contributed by atoms with E-state index in [4.69, 9.17) is 11.6 Å². The van der Waals surface area contributed by atoms with Crippen LogP contribution in [-0.2, 0) is 20.0 Å². The van der Waals surface area contributed by atoms with Crippen LogP contribution >= 0.6 is 23.4 Å². The van der Waals surface area contributed by atoms with Crippen molar-refractivity contribution in [1.29, 1.82) is 0 Å². The minimum atomic E-state index is -4.03. The largest absolute Gasteiger partial charge is 0.339 e. The van der Waals surface area contributed by atoms with Crippen LogP contribution in [0, 0.1) is 6.92 Å². The fourth-order valence-corrected chi connectivity index (χ4v) is 6.88. The van der Waals surface area contributed by atoms with Gasteiger partial charge in [0.05, 0.1) is 21.0 Å². The summed E-state index contributed by atoms with van der Waals surface area (Å²) in [6.45, 7) is 3.06. The Hall–Kier alpha value is -2.73. The average Bonchev–Trinajstić information content (AvgIpc) is 3.40. The summed E-state index contributed by atoms with van der Waals surface area (Å²) in [6.07, 6.45) is 3.69. The Kier molecular flexibility index (Phi) is 8.08. The summed E-state index contributed by atoms with van der Waals surface area (Å²) >= 11 is 7.36. The normalized spacial score (nSPS) is 14.0. The van der Waals surface area contributed by atoms with Crippen molar-refractivity contribution in [3.05, 3.63) is 76.8 Å². The standard InChI is InChI=1S/C25H26ClN3O5S3/c1-17-5-6-18(26)15-23(17)28-36(31,32)20-9-7-19(8-10-20)27-37(33,34)21-11-12-24(35-2)22(16-21)25(30)29-13-3-4-14-29/h5-12,15-16,27-28H,3-4,13-14H2,1-2H3. The van der Waals surface area contributed by atoms with E-state index < -0.39 is 20.0 Å². The first kappa shape index (κ1) is 27.3. The molecule has 0 saturated carbocycles. The molecule has 0 spiro atoms. The predicted octanol–water partition coefficient (Wildman–Crippen LogP) is 5.21. The molecule has 0 bridgehead atoms. The van der Waals surface area contributed by atoms with Crippen molar-refractivity contribution < 1.29 is 21.6 Å². The van der Waals surface area contributed by atoms with Crippen LogP contribution in [-0.4, -0.2) is 47.0 Å². The zero-order valence-electron chi connectivity index (χ0n) is 20.2. The summed E-state index contributed by atoms with van der Waals surface area (Å²) in [6, 6.07) is 14.7. The van der Waals surface area contributed by atoms with Gasteiger partial charge in [-0.05, 0) is 86.2 Å². The summed E-state index contributed by atoms with van der Waals surface area (Å²) in [5.41, 5.74) is 1.58. The maximum atomic E-state index is 13.1. The average molecular weight is 580 g/mol. The lowest BCUT2D eigenvalue weighted by Crippen LogP contribution is -2.28. The summed E-state index contributed by atoms with van der Waals surface area (Å²) in [7, 11) is -7.96. The first-order chi connectivity index (χ1) is 17.5. The highest BCUT2D eigenvalue weighted by Gasteiger charge is 2.25. The molecule has 0 atom stereocenters.